The summed E-state index contributed by atoms with van der Waals surface area (Å²) in [4.78, 5) is 2.52. The van der Waals surface area contributed by atoms with Crippen LogP contribution in [-0.2, 0) is 0 Å². The van der Waals surface area contributed by atoms with Crippen molar-refractivity contribution in [1.82, 2.24) is 5.32 Å². The fourth-order valence-electron chi connectivity index (χ4n) is 2.90. The molecule has 1 fully saturated rings. The molecule has 1 atom stereocenters. The van der Waals surface area contributed by atoms with Gasteiger partial charge in [0.1, 0.15) is 0 Å². The number of fused-ring (bicyclic) bond motifs is 1. The van der Waals surface area contributed by atoms with E-state index in [0.717, 1.165) is 23.5 Å². The van der Waals surface area contributed by atoms with E-state index in [1.165, 1.54) is 43.9 Å². The number of anilines is 2. The Hall–Kier alpha value is -0.740. The number of nitrogens with one attached hydrogen (secondary N) is 2. The van der Waals surface area contributed by atoms with Crippen molar-refractivity contribution in [3.63, 3.8) is 0 Å². The maximum absolute atomic E-state index is 3.54. The van der Waals surface area contributed by atoms with Crippen LogP contribution in [0, 0.1) is 5.92 Å². The molecule has 0 aromatic heterocycles. The van der Waals surface area contributed by atoms with Crippen molar-refractivity contribution < 1.29 is 0 Å². The average Bonchev–Trinajstić information content (AvgIpc) is 2.89. The van der Waals surface area contributed by atoms with Crippen molar-refractivity contribution in [3.8, 4) is 0 Å². The molecular weight excluding hydrogens is 290 g/mol. The minimum atomic E-state index is 0.874. The van der Waals surface area contributed by atoms with Crippen LogP contribution in [0.3, 0.4) is 0 Å². The third-order valence-corrected chi connectivity index (χ3v) is 4.46. The SMILES string of the molecule is Brc1ccc2c(c1)NCCN2CCC1CCNC1. The quantitative estimate of drug-likeness (QED) is 0.899. The van der Waals surface area contributed by atoms with Gasteiger partial charge >= 0.3 is 0 Å². The number of halogens is 1. The molecule has 3 nitrogen and oxygen atoms in total. The zero-order chi connectivity index (χ0) is 12.4. The monoisotopic (exact) mass is 309 g/mol. The van der Waals surface area contributed by atoms with Gasteiger partial charge in [0.2, 0.25) is 0 Å². The minimum Gasteiger partial charge on any atom is -0.382 e. The molecule has 1 saturated heterocycles. The van der Waals surface area contributed by atoms with Crippen LogP contribution in [-0.4, -0.2) is 32.7 Å². The van der Waals surface area contributed by atoms with E-state index in [1.54, 1.807) is 0 Å². The van der Waals surface area contributed by atoms with Gasteiger partial charge in [0, 0.05) is 24.1 Å². The molecule has 0 bridgehead atoms. The van der Waals surface area contributed by atoms with E-state index in [4.69, 9.17) is 0 Å². The van der Waals surface area contributed by atoms with Crippen LogP contribution in [0.4, 0.5) is 11.4 Å². The van der Waals surface area contributed by atoms with Crippen LogP contribution in [0.25, 0.3) is 0 Å². The predicted molar refractivity (Wildman–Crippen MR) is 80.4 cm³/mol. The van der Waals surface area contributed by atoms with Crippen LogP contribution in [0.5, 0.6) is 0 Å². The van der Waals surface area contributed by atoms with Crippen LogP contribution in [0.1, 0.15) is 12.8 Å². The summed E-state index contributed by atoms with van der Waals surface area (Å²) < 4.78 is 1.15. The van der Waals surface area contributed by atoms with Gasteiger partial charge in [-0.2, -0.15) is 0 Å². The van der Waals surface area contributed by atoms with E-state index >= 15 is 0 Å². The van der Waals surface area contributed by atoms with E-state index in [-0.39, 0.29) is 0 Å². The average molecular weight is 310 g/mol. The third kappa shape index (κ3) is 2.64. The fraction of sp³-hybridized carbons (Fsp3) is 0.571. The fourth-order valence-corrected chi connectivity index (χ4v) is 3.26. The summed E-state index contributed by atoms with van der Waals surface area (Å²) in [5.41, 5.74) is 2.62. The highest BCUT2D eigenvalue weighted by Gasteiger charge is 2.19. The smallest absolute Gasteiger partial charge is 0.0603 e. The molecule has 1 aromatic carbocycles. The van der Waals surface area contributed by atoms with Crippen molar-refractivity contribution >= 4 is 27.3 Å². The normalized spacial score (nSPS) is 22.7. The molecule has 1 unspecified atom stereocenters. The number of benzene rings is 1. The zero-order valence-electron chi connectivity index (χ0n) is 10.6. The second-order valence-corrected chi connectivity index (χ2v) is 6.14. The van der Waals surface area contributed by atoms with Gasteiger partial charge < -0.3 is 15.5 Å². The lowest BCUT2D eigenvalue weighted by Crippen LogP contribution is -2.35. The van der Waals surface area contributed by atoms with Gasteiger partial charge in [-0.05, 0) is 50.0 Å². The lowest BCUT2D eigenvalue weighted by molar-refractivity contribution is 0.525. The van der Waals surface area contributed by atoms with Crippen LogP contribution in [0.2, 0.25) is 0 Å². The predicted octanol–water partition coefficient (Wildman–Crippen LogP) is 2.68. The first-order valence-corrected chi connectivity index (χ1v) is 7.61. The molecule has 18 heavy (non-hydrogen) atoms. The van der Waals surface area contributed by atoms with Crippen LogP contribution < -0.4 is 15.5 Å². The summed E-state index contributed by atoms with van der Waals surface area (Å²) in [6.07, 6.45) is 2.65. The summed E-state index contributed by atoms with van der Waals surface area (Å²) in [6.45, 7) is 5.76. The first-order chi connectivity index (χ1) is 8.83. The maximum Gasteiger partial charge on any atom is 0.0603 e. The minimum absolute atomic E-state index is 0.874. The van der Waals surface area contributed by atoms with E-state index in [9.17, 15) is 0 Å². The second kappa shape index (κ2) is 5.49. The highest BCUT2D eigenvalue weighted by atomic mass is 79.9. The third-order valence-electron chi connectivity index (χ3n) is 3.97. The molecule has 0 radical (unpaired) electrons. The van der Waals surface area contributed by atoms with Gasteiger partial charge in [-0.3, -0.25) is 0 Å². The molecule has 0 aliphatic carbocycles. The van der Waals surface area contributed by atoms with Crippen LogP contribution >= 0.6 is 15.9 Å². The van der Waals surface area contributed by atoms with Crippen molar-refractivity contribution in [1.29, 1.82) is 0 Å². The Labute approximate surface area is 117 Å². The highest BCUT2D eigenvalue weighted by molar-refractivity contribution is 9.10. The number of hydrogen-bond acceptors (Lipinski definition) is 3. The molecule has 0 amide bonds. The Morgan fingerprint density at radius 1 is 1.33 bits per heavy atom. The molecule has 0 saturated carbocycles. The molecule has 2 N–H and O–H groups in total. The Morgan fingerprint density at radius 3 is 3.11 bits per heavy atom. The topological polar surface area (TPSA) is 27.3 Å². The standard InChI is InChI=1S/C14H20BrN3/c15-12-1-2-14-13(9-12)17-6-8-18(14)7-4-11-3-5-16-10-11/h1-2,9,11,16-17H,3-8,10H2. The molecule has 1 aromatic rings. The molecule has 0 spiro atoms. The molecule has 2 heterocycles. The van der Waals surface area contributed by atoms with E-state index in [0.29, 0.717) is 0 Å². The van der Waals surface area contributed by atoms with Gasteiger partial charge in [-0.15, -0.1) is 0 Å². The first-order valence-electron chi connectivity index (χ1n) is 6.82. The van der Waals surface area contributed by atoms with Crippen molar-refractivity contribution in [2.45, 2.75) is 12.8 Å². The van der Waals surface area contributed by atoms with Crippen LogP contribution in [0.15, 0.2) is 22.7 Å². The summed E-state index contributed by atoms with van der Waals surface area (Å²) in [6, 6.07) is 6.53. The summed E-state index contributed by atoms with van der Waals surface area (Å²) in [5.74, 6) is 0.874. The molecule has 4 heteroatoms. The van der Waals surface area contributed by atoms with Crippen molar-refractivity contribution in [2.24, 2.45) is 5.92 Å². The molecular formula is C14H20BrN3. The number of nitrogens with zero attached hydrogens (tertiary/aromatic N) is 1. The molecule has 3 rings (SSSR count). The highest BCUT2D eigenvalue weighted by Crippen LogP contribution is 2.32. The van der Waals surface area contributed by atoms with Gasteiger partial charge in [-0.25, -0.2) is 0 Å². The molecule has 2 aliphatic heterocycles. The summed E-state index contributed by atoms with van der Waals surface area (Å²) in [7, 11) is 0. The first kappa shape index (κ1) is 12.3. The van der Waals surface area contributed by atoms with E-state index < -0.39 is 0 Å². The second-order valence-electron chi connectivity index (χ2n) is 5.22. The Balaban J connectivity index is 1.67. The van der Waals surface area contributed by atoms with Gasteiger partial charge in [0.05, 0.1) is 11.4 Å². The van der Waals surface area contributed by atoms with Crippen molar-refractivity contribution in [2.75, 3.05) is 42.9 Å². The van der Waals surface area contributed by atoms with Crippen molar-refractivity contribution in [3.05, 3.63) is 22.7 Å². The summed E-state index contributed by atoms with van der Waals surface area (Å²) >= 11 is 3.54. The molecule has 2 aliphatic rings. The Bertz CT molecular complexity index is 416. The molecule has 98 valence electrons. The number of rotatable bonds is 3. The number of hydrogen-bond donors (Lipinski definition) is 2. The Kier molecular flexibility index (Phi) is 3.75. The van der Waals surface area contributed by atoms with Gasteiger partial charge in [0.15, 0.2) is 0 Å². The van der Waals surface area contributed by atoms with Gasteiger partial charge in [-0.1, -0.05) is 15.9 Å². The Morgan fingerprint density at radius 2 is 2.28 bits per heavy atom. The lowest BCUT2D eigenvalue weighted by Gasteiger charge is -2.33. The lowest BCUT2D eigenvalue weighted by atomic mass is 10.0. The zero-order valence-corrected chi connectivity index (χ0v) is 12.2. The largest absolute Gasteiger partial charge is 0.382 e. The van der Waals surface area contributed by atoms with E-state index in [2.05, 4.69) is 49.7 Å². The van der Waals surface area contributed by atoms with Gasteiger partial charge in [0.25, 0.3) is 0 Å². The maximum atomic E-state index is 3.54. The summed E-state index contributed by atoms with van der Waals surface area (Å²) in [5, 5.41) is 6.93. The van der Waals surface area contributed by atoms with E-state index in [1.807, 2.05) is 0 Å².